The molecule has 1 atom stereocenters. The molecule has 1 aliphatic rings. The summed E-state index contributed by atoms with van der Waals surface area (Å²) in [6.07, 6.45) is 1.06. The Morgan fingerprint density at radius 1 is 1.17 bits per heavy atom. The van der Waals surface area contributed by atoms with E-state index < -0.39 is 17.6 Å². The Morgan fingerprint density at radius 2 is 1.77 bits per heavy atom. The number of hydrogen-bond donors (Lipinski definition) is 3. The fraction of sp³-hybridized carbons (Fsp3) is 0.429. The van der Waals surface area contributed by atoms with E-state index in [-0.39, 0.29) is 23.3 Å². The van der Waals surface area contributed by atoms with Crippen LogP contribution in [0.1, 0.15) is 65.8 Å². The quantitative estimate of drug-likeness (QED) is 0.695. The van der Waals surface area contributed by atoms with E-state index in [1.807, 2.05) is 52.0 Å². The van der Waals surface area contributed by atoms with Crippen LogP contribution in [0.2, 0.25) is 0 Å². The lowest BCUT2D eigenvalue weighted by molar-refractivity contribution is 0.0523. The van der Waals surface area contributed by atoms with Crippen LogP contribution in [0.3, 0.4) is 0 Å². The summed E-state index contributed by atoms with van der Waals surface area (Å²) < 4.78 is 6.93. The Balaban J connectivity index is 1.54. The van der Waals surface area contributed by atoms with Gasteiger partial charge in [-0.15, -0.1) is 0 Å². The number of benzene rings is 1. The minimum Gasteiger partial charge on any atom is -0.444 e. The standard InChI is InChI=1S/C21H27N5O4/c1-13-9-22-19(28)17-16(25-12-26(13)17)18(27)23-10-14-5-7-15(8-6-14)11-24-20(29)30-21(2,3)4/h5-8,12-13H,9-11H2,1-4H3,(H,22,28)(H,23,27)(H,24,29)/t13-/m0/s1. The molecule has 2 heterocycles. The number of ether oxygens (including phenoxy) is 1. The maximum Gasteiger partial charge on any atom is 0.407 e. The summed E-state index contributed by atoms with van der Waals surface area (Å²) in [5.74, 6) is -0.693. The molecule has 1 aliphatic heterocycles. The predicted molar refractivity (Wildman–Crippen MR) is 110 cm³/mol. The molecule has 9 heteroatoms. The monoisotopic (exact) mass is 413 g/mol. The molecule has 0 aliphatic carbocycles. The van der Waals surface area contributed by atoms with Crippen LogP contribution in [0.25, 0.3) is 0 Å². The van der Waals surface area contributed by atoms with Crippen molar-refractivity contribution < 1.29 is 19.1 Å². The van der Waals surface area contributed by atoms with Gasteiger partial charge in [0.25, 0.3) is 11.8 Å². The number of imidazole rings is 1. The first-order chi connectivity index (χ1) is 14.1. The van der Waals surface area contributed by atoms with Crippen molar-refractivity contribution in [1.82, 2.24) is 25.5 Å². The number of alkyl carbamates (subject to hydrolysis) is 1. The highest BCUT2D eigenvalue weighted by Crippen LogP contribution is 2.18. The van der Waals surface area contributed by atoms with Crippen LogP contribution >= 0.6 is 0 Å². The minimum absolute atomic E-state index is 0.0496. The summed E-state index contributed by atoms with van der Waals surface area (Å²) >= 11 is 0. The Hall–Kier alpha value is -3.36. The molecule has 1 aromatic carbocycles. The molecule has 2 aromatic rings. The Kier molecular flexibility index (Phi) is 6.09. The lowest BCUT2D eigenvalue weighted by atomic mass is 10.1. The lowest BCUT2D eigenvalue weighted by Gasteiger charge is -2.22. The summed E-state index contributed by atoms with van der Waals surface area (Å²) in [6.45, 7) is 8.52. The first-order valence-electron chi connectivity index (χ1n) is 9.82. The smallest absolute Gasteiger partial charge is 0.407 e. The van der Waals surface area contributed by atoms with E-state index >= 15 is 0 Å². The van der Waals surface area contributed by atoms with E-state index in [4.69, 9.17) is 4.74 Å². The normalized spacial score (nSPS) is 15.7. The van der Waals surface area contributed by atoms with Crippen LogP contribution in [0.15, 0.2) is 30.6 Å². The van der Waals surface area contributed by atoms with Gasteiger partial charge in [0.2, 0.25) is 0 Å². The largest absolute Gasteiger partial charge is 0.444 e. The van der Waals surface area contributed by atoms with E-state index in [9.17, 15) is 14.4 Å². The summed E-state index contributed by atoms with van der Waals surface area (Å²) in [5, 5.41) is 8.26. The zero-order valence-corrected chi connectivity index (χ0v) is 17.6. The first-order valence-corrected chi connectivity index (χ1v) is 9.82. The Bertz CT molecular complexity index is 943. The molecule has 1 aromatic heterocycles. The van der Waals surface area contributed by atoms with Crippen molar-refractivity contribution in [2.24, 2.45) is 0 Å². The van der Waals surface area contributed by atoms with Gasteiger partial charge in [-0.05, 0) is 38.8 Å². The average Bonchev–Trinajstić information content (AvgIpc) is 3.13. The van der Waals surface area contributed by atoms with Gasteiger partial charge in [0, 0.05) is 25.7 Å². The zero-order valence-electron chi connectivity index (χ0n) is 17.6. The summed E-state index contributed by atoms with van der Waals surface area (Å²) in [7, 11) is 0. The number of hydrogen-bond acceptors (Lipinski definition) is 5. The molecule has 0 saturated carbocycles. The zero-order chi connectivity index (χ0) is 21.9. The van der Waals surface area contributed by atoms with Gasteiger partial charge in [-0.3, -0.25) is 9.59 Å². The molecule has 0 saturated heterocycles. The van der Waals surface area contributed by atoms with E-state index in [0.29, 0.717) is 19.6 Å². The lowest BCUT2D eigenvalue weighted by Crippen LogP contribution is -2.39. The Morgan fingerprint density at radius 3 is 2.37 bits per heavy atom. The van der Waals surface area contributed by atoms with E-state index in [1.165, 1.54) is 6.33 Å². The molecular weight excluding hydrogens is 386 g/mol. The molecule has 3 N–H and O–H groups in total. The van der Waals surface area contributed by atoms with Crippen molar-refractivity contribution in [3.05, 3.63) is 53.1 Å². The predicted octanol–water partition coefficient (Wildman–Crippen LogP) is 2.14. The minimum atomic E-state index is -0.542. The third kappa shape index (κ3) is 5.16. The van der Waals surface area contributed by atoms with Crippen LogP contribution < -0.4 is 16.0 Å². The summed E-state index contributed by atoms with van der Waals surface area (Å²) in [6, 6.07) is 7.51. The van der Waals surface area contributed by atoms with Crippen LogP contribution in [-0.2, 0) is 17.8 Å². The number of rotatable bonds is 5. The Labute approximate surface area is 175 Å². The van der Waals surface area contributed by atoms with Gasteiger partial charge < -0.3 is 25.3 Å². The number of nitrogens with zero attached hydrogens (tertiary/aromatic N) is 2. The topological polar surface area (TPSA) is 114 Å². The molecule has 30 heavy (non-hydrogen) atoms. The summed E-state index contributed by atoms with van der Waals surface area (Å²) in [5.41, 5.74) is 1.66. The van der Waals surface area contributed by atoms with Crippen molar-refractivity contribution in [3.8, 4) is 0 Å². The molecule has 0 radical (unpaired) electrons. The van der Waals surface area contributed by atoms with Gasteiger partial charge in [0.1, 0.15) is 11.3 Å². The van der Waals surface area contributed by atoms with Crippen molar-refractivity contribution in [2.75, 3.05) is 6.54 Å². The summed E-state index contributed by atoms with van der Waals surface area (Å²) in [4.78, 5) is 40.5. The number of amides is 3. The van der Waals surface area contributed by atoms with Gasteiger partial charge in [-0.1, -0.05) is 24.3 Å². The fourth-order valence-corrected chi connectivity index (χ4v) is 3.04. The average molecular weight is 413 g/mol. The van der Waals surface area contributed by atoms with Crippen molar-refractivity contribution in [1.29, 1.82) is 0 Å². The molecule has 0 unspecified atom stereocenters. The maximum atomic E-state index is 12.5. The second-order valence-electron chi connectivity index (χ2n) is 8.26. The number of nitrogens with one attached hydrogen (secondary N) is 3. The second-order valence-corrected chi connectivity index (χ2v) is 8.26. The molecular formula is C21H27N5O4. The van der Waals surface area contributed by atoms with E-state index in [2.05, 4.69) is 20.9 Å². The number of aromatic nitrogens is 2. The van der Waals surface area contributed by atoms with Crippen LogP contribution in [-0.4, -0.2) is 39.6 Å². The molecule has 160 valence electrons. The van der Waals surface area contributed by atoms with Crippen molar-refractivity contribution in [3.63, 3.8) is 0 Å². The molecule has 0 spiro atoms. The van der Waals surface area contributed by atoms with Crippen molar-refractivity contribution >= 4 is 17.9 Å². The third-order valence-corrected chi connectivity index (χ3v) is 4.57. The van der Waals surface area contributed by atoms with Gasteiger partial charge in [-0.25, -0.2) is 9.78 Å². The number of carbonyl (C=O) groups excluding carboxylic acids is 3. The van der Waals surface area contributed by atoms with E-state index in [1.54, 1.807) is 4.57 Å². The highest BCUT2D eigenvalue weighted by atomic mass is 16.6. The molecule has 9 nitrogen and oxygen atoms in total. The number of fused-ring (bicyclic) bond motifs is 1. The number of carbonyl (C=O) groups is 3. The van der Waals surface area contributed by atoms with Gasteiger partial charge in [0.15, 0.2) is 5.69 Å². The highest BCUT2D eigenvalue weighted by Gasteiger charge is 2.29. The van der Waals surface area contributed by atoms with E-state index in [0.717, 1.165) is 11.1 Å². The highest BCUT2D eigenvalue weighted by molar-refractivity contribution is 6.05. The van der Waals surface area contributed by atoms with Gasteiger partial charge in [-0.2, -0.15) is 0 Å². The molecule has 3 rings (SSSR count). The first kappa shape index (κ1) is 21.4. The molecule has 0 fully saturated rings. The van der Waals surface area contributed by atoms with Gasteiger partial charge in [0.05, 0.1) is 6.33 Å². The van der Waals surface area contributed by atoms with Crippen molar-refractivity contribution in [2.45, 2.75) is 52.4 Å². The van der Waals surface area contributed by atoms with Gasteiger partial charge >= 0.3 is 6.09 Å². The molecule has 0 bridgehead atoms. The fourth-order valence-electron chi connectivity index (χ4n) is 3.04. The van der Waals surface area contributed by atoms with Crippen LogP contribution in [0.5, 0.6) is 0 Å². The van der Waals surface area contributed by atoms with Crippen LogP contribution in [0, 0.1) is 0 Å². The van der Waals surface area contributed by atoms with Crippen LogP contribution in [0.4, 0.5) is 4.79 Å². The third-order valence-electron chi connectivity index (χ3n) is 4.57. The second kappa shape index (κ2) is 8.56. The SMILES string of the molecule is C[C@H]1CNC(=O)c2c(C(=O)NCc3ccc(CNC(=O)OC(C)(C)C)cc3)ncn21. The molecule has 3 amide bonds. The maximum absolute atomic E-state index is 12.5.